The molecule has 0 unspecified atom stereocenters. The summed E-state index contributed by atoms with van der Waals surface area (Å²) in [6.07, 6.45) is 5.65. The van der Waals surface area contributed by atoms with Gasteiger partial charge in [0.15, 0.2) is 0 Å². The van der Waals surface area contributed by atoms with Gasteiger partial charge >= 0.3 is 11.1 Å². The van der Waals surface area contributed by atoms with E-state index in [1.54, 1.807) is 37.6 Å². The minimum absolute atomic E-state index is 0.153. The molecule has 3 heterocycles. The lowest BCUT2D eigenvalue weighted by atomic mass is 10.2. The van der Waals surface area contributed by atoms with Crippen LogP contribution in [0.25, 0.3) is 21.5 Å². The highest BCUT2D eigenvalue weighted by Gasteiger charge is 2.11. The predicted molar refractivity (Wildman–Crippen MR) is 147 cm³/mol. The number of carbonyl (C=O) groups is 1. The molecule has 0 aliphatic rings. The molecule has 4 aromatic rings. The molecule has 0 aliphatic carbocycles. The summed E-state index contributed by atoms with van der Waals surface area (Å²) < 4.78 is 6.89. The fraction of sp³-hybridized carbons (Fsp3) is 0.269. The van der Waals surface area contributed by atoms with Gasteiger partial charge in [-0.3, -0.25) is 19.4 Å². The average molecular weight is 521 g/mol. The standard InChI is InChI=1S/C26H28N6O4S/c1-16(2)36-12-4-9-28-19-14-21-20(31-25(34)26(35)32(21)3)13-18(19)29-15-30-24(33)23-6-5-22(37-23)17-7-10-27-11-8-17/h5-8,10-11,13-16,28H,4,9,12H2,1-3H3,(H,31,34)(H,29,30,33). The smallest absolute Gasteiger partial charge is 0.316 e. The highest BCUT2D eigenvalue weighted by Crippen LogP contribution is 2.29. The molecule has 0 bridgehead atoms. The van der Waals surface area contributed by atoms with Gasteiger partial charge in [-0.15, -0.1) is 11.3 Å². The van der Waals surface area contributed by atoms with E-state index in [4.69, 9.17) is 4.74 Å². The monoisotopic (exact) mass is 520 g/mol. The number of aryl methyl sites for hydroxylation is 1. The predicted octanol–water partition coefficient (Wildman–Crippen LogP) is 3.67. The third-order valence-corrected chi connectivity index (χ3v) is 6.64. The molecule has 0 atom stereocenters. The fourth-order valence-electron chi connectivity index (χ4n) is 3.62. The molecule has 1 aromatic carbocycles. The average Bonchev–Trinajstić information content (AvgIpc) is 3.38. The third kappa shape index (κ3) is 6.38. The van der Waals surface area contributed by atoms with Crippen LogP contribution in [-0.4, -0.2) is 46.0 Å². The number of aliphatic imine (C=N–C) groups is 1. The Morgan fingerprint density at radius 2 is 2.00 bits per heavy atom. The number of hydrogen-bond donors (Lipinski definition) is 3. The zero-order chi connectivity index (χ0) is 26.4. The molecule has 37 heavy (non-hydrogen) atoms. The summed E-state index contributed by atoms with van der Waals surface area (Å²) in [6.45, 7) is 5.17. The van der Waals surface area contributed by atoms with Crippen LogP contribution in [0, 0.1) is 0 Å². The van der Waals surface area contributed by atoms with Crippen molar-refractivity contribution in [1.29, 1.82) is 0 Å². The molecule has 0 fully saturated rings. The number of amides is 1. The van der Waals surface area contributed by atoms with Crippen LogP contribution >= 0.6 is 11.3 Å². The molecular weight excluding hydrogens is 492 g/mol. The van der Waals surface area contributed by atoms with Gasteiger partial charge in [0.1, 0.15) is 0 Å². The van der Waals surface area contributed by atoms with E-state index >= 15 is 0 Å². The lowest BCUT2D eigenvalue weighted by molar-refractivity contribution is 0.0787. The Morgan fingerprint density at radius 1 is 1.22 bits per heavy atom. The molecule has 1 amide bonds. The van der Waals surface area contributed by atoms with Crippen molar-refractivity contribution in [2.24, 2.45) is 12.0 Å². The van der Waals surface area contributed by atoms with Crippen molar-refractivity contribution in [3.63, 3.8) is 0 Å². The molecule has 4 rings (SSSR count). The Labute approximate surface area is 217 Å². The first kappa shape index (κ1) is 26.0. The number of anilines is 1. The Hall–Kier alpha value is -4.09. The SMILES string of the molecule is CC(C)OCCCNc1cc2c(cc1N=CNC(=O)c1ccc(-c3ccncc3)s1)[nH]c(=O)c(=O)n2C. The Kier molecular flexibility index (Phi) is 8.26. The highest BCUT2D eigenvalue weighted by atomic mass is 32.1. The maximum atomic E-state index is 12.7. The van der Waals surface area contributed by atoms with E-state index < -0.39 is 11.1 Å². The third-order valence-electron chi connectivity index (χ3n) is 5.50. The topological polar surface area (TPSA) is 130 Å². The molecule has 10 nitrogen and oxygen atoms in total. The van der Waals surface area contributed by atoms with E-state index in [0.29, 0.717) is 40.4 Å². The summed E-state index contributed by atoms with van der Waals surface area (Å²) in [5.74, 6) is -0.286. The van der Waals surface area contributed by atoms with Gasteiger partial charge in [0.05, 0.1) is 39.7 Å². The van der Waals surface area contributed by atoms with Crippen LogP contribution in [0.15, 0.2) is 63.4 Å². The summed E-state index contributed by atoms with van der Waals surface area (Å²) in [5.41, 5.74) is 1.79. The zero-order valence-electron chi connectivity index (χ0n) is 20.8. The van der Waals surface area contributed by atoms with Crippen LogP contribution in [0.1, 0.15) is 29.9 Å². The number of ether oxygens (including phenoxy) is 1. The lowest BCUT2D eigenvalue weighted by Gasteiger charge is -2.13. The maximum absolute atomic E-state index is 12.7. The lowest BCUT2D eigenvalue weighted by Crippen LogP contribution is -2.34. The first-order valence-electron chi connectivity index (χ1n) is 11.8. The molecule has 3 N–H and O–H groups in total. The Balaban J connectivity index is 1.53. The second-order valence-electron chi connectivity index (χ2n) is 8.54. The maximum Gasteiger partial charge on any atom is 0.316 e. The second kappa shape index (κ2) is 11.8. The summed E-state index contributed by atoms with van der Waals surface area (Å²) >= 11 is 1.37. The number of benzene rings is 1. The first-order chi connectivity index (χ1) is 17.8. The van der Waals surface area contributed by atoms with E-state index in [1.807, 2.05) is 32.0 Å². The van der Waals surface area contributed by atoms with E-state index in [9.17, 15) is 14.4 Å². The molecule has 0 saturated heterocycles. The molecular formula is C26H28N6O4S. The molecule has 11 heteroatoms. The molecule has 0 saturated carbocycles. The highest BCUT2D eigenvalue weighted by molar-refractivity contribution is 7.17. The normalized spacial score (nSPS) is 11.5. The van der Waals surface area contributed by atoms with Gasteiger partial charge in [-0.2, -0.15) is 0 Å². The van der Waals surface area contributed by atoms with Crippen LogP contribution in [0.2, 0.25) is 0 Å². The largest absolute Gasteiger partial charge is 0.383 e. The van der Waals surface area contributed by atoms with Crippen LogP contribution < -0.4 is 21.8 Å². The van der Waals surface area contributed by atoms with Crippen LogP contribution in [-0.2, 0) is 11.8 Å². The van der Waals surface area contributed by atoms with Crippen molar-refractivity contribution in [2.75, 3.05) is 18.5 Å². The number of rotatable bonds is 10. The van der Waals surface area contributed by atoms with Crippen LogP contribution in [0.4, 0.5) is 11.4 Å². The summed E-state index contributed by atoms with van der Waals surface area (Å²) in [7, 11) is 1.55. The summed E-state index contributed by atoms with van der Waals surface area (Å²) in [4.78, 5) is 49.3. The minimum atomic E-state index is -0.715. The van der Waals surface area contributed by atoms with Gasteiger partial charge in [-0.25, -0.2) is 4.99 Å². The quantitative estimate of drug-likeness (QED) is 0.127. The van der Waals surface area contributed by atoms with Crippen LogP contribution in [0.3, 0.4) is 0 Å². The fourth-order valence-corrected chi connectivity index (χ4v) is 4.53. The van der Waals surface area contributed by atoms with Gasteiger partial charge < -0.3 is 24.9 Å². The summed E-state index contributed by atoms with van der Waals surface area (Å²) in [6, 6.07) is 10.8. The Bertz CT molecular complexity index is 1540. The van der Waals surface area contributed by atoms with Gasteiger partial charge in [-0.05, 0) is 62.2 Å². The number of carbonyl (C=O) groups excluding carboxylic acids is 1. The number of thiophene rings is 1. The van der Waals surface area contributed by atoms with Crippen LogP contribution in [0.5, 0.6) is 0 Å². The molecule has 192 valence electrons. The molecule has 0 spiro atoms. The van der Waals surface area contributed by atoms with E-state index in [-0.39, 0.29) is 12.0 Å². The molecule has 0 radical (unpaired) electrons. The minimum Gasteiger partial charge on any atom is -0.383 e. The van der Waals surface area contributed by atoms with Gasteiger partial charge in [-0.1, -0.05) is 0 Å². The van der Waals surface area contributed by atoms with Gasteiger partial charge in [0, 0.05) is 37.5 Å². The van der Waals surface area contributed by atoms with E-state index in [0.717, 1.165) is 16.9 Å². The van der Waals surface area contributed by atoms with Crippen molar-refractivity contribution in [2.45, 2.75) is 26.4 Å². The number of fused-ring (bicyclic) bond motifs is 1. The number of hydrogen-bond acceptors (Lipinski definition) is 8. The van der Waals surface area contributed by atoms with Crippen molar-refractivity contribution < 1.29 is 9.53 Å². The number of nitrogens with one attached hydrogen (secondary N) is 3. The number of pyridine rings is 1. The van der Waals surface area contributed by atoms with Crippen molar-refractivity contribution in [1.82, 2.24) is 19.9 Å². The van der Waals surface area contributed by atoms with Crippen molar-refractivity contribution in [3.8, 4) is 10.4 Å². The first-order valence-corrected chi connectivity index (χ1v) is 12.6. The van der Waals surface area contributed by atoms with Crippen molar-refractivity contribution >= 4 is 46.0 Å². The van der Waals surface area contributed by atoms with Gasteiger partial charge in [0.25, 0.3) is 5.91 Å². The molecule has 0 aliphatic heterocycles. The number of aromatic amines is 1. The number of H-pyrrole nitrogens is 1. The van der Waals surface area contributed by atoms with Gasteiger partial charge in [0.2, 0.25) is 0 Å². The van der Waals surface area contributed by atoms with Crippen molar-refractivity contribution in [3.05, 3.63) is 74.4 Å². The van der Waals surface area contributed by atoms with E-state index in [1.165, 1.54) is 22.2 Å². The zero-order valence-corrected chi connectivity index (χ0v) is 21.6. The van der Waals surface area contributed by atoms with E-state index in [2.05, 4.69) is 25.6 Å². The number of nitrogens with zero attached hydrogens (tertiary/aromatic N) is 3. The number of aromatic nitrogens is 3. The second-order valence-corrected chi connectivity index (χ2v) is 9.62. The Morgan fingerprint density at radius 3 is 2.76 bits per heavy atom. The summed E-state index contributed by atoms with van der Waals surface area (Å²) in [5, 5.41) is 6.02. The molecule has 3 aromatic heterocycles.